The van der Waals surface area contributed by atoms with Gasteiger partial charge in [0, 0.05) is 26.2 Å². The number of para-hydroxylation sites is 2. The van der Waals surface area contributed by atoms with E-state index in [1.165, 1.54) is 28.2 Å². The molecule has 30 heavy (non-hydrogen) atoms. The summed E-state index contributed by atoms with van der Waals surface area (Å²) < 4.78 is 45.7. The van der Waals surface area contributed by atoms with Crippen LogP contribution < -0.4 is 0 Å². The van der Waals surface area contributed by atoms with Gasteiger partial charge in [-0.05, 0) is 42.8 Å². The highest BCUT2D eigenvalue weighted by molar-refractivity contribution is 7.99. The van der Waals surface area contributed by atoms with Crippen LogP contribution in [0.2, 0.25) is 0 Å². The van der Waals surface area contributed by atoms with E-state index < -0.39 is 15.8 Å². The molecular formula is C20H20FN3O4S2. The van der Waals surface area contributed by atoms with Crippen LogP contribution >= 0.6 is 11.8 Å². The van der Waals surface area contributed by atoms with Gasteiger partial charge in [0.25, 0.3) is 5.22 Å². The van der Waals surface area contributed by atoms with Gasteiger partial charge in [-0.3, -0.25) is 4.79 Å². The predicted molar refractivity (Wildman–Crippen MR) is 111 cm³/mol. The highest BCUT2D eigenvalue weighted by atomic mass is 32.2. The monoisotopic (exact) mass is 449 g/mol. The van der Waals surface area contributed by atoms with E-state index in [2.05, 4.69) is 4.98 Å². The van der Waals surface area contributed by atoms with Crippen molar-refractivity contribution in [3.63, 3.8) is 0 Å². The fraction of sp³-hybridized carbons (Fsp3) is 0.300. The third kappa shape index (κ3) is 4.50. The molecule has 1 aliphatic heterocycles. The van der Waals surface area contributed by atoms with Crippen LogP contribution in [0.25, 0.3) is 11.1 Å². The van der Waals surface area contributed by atoms with Crippen molar-refractivity contribution in [3.05, 3.63) is 54.3 Å². The number of hydrogen-bond acceptors (Lipinski definition) is 6. The molecule has 1 saturated heterocycles. The maximum absolute atomic E-state index is 13.1. The topological polar surface area (TPSA) is 83.7 Å². The minimum Gasteiger partial charge on any atom is -0.431 e. The van der Waals surface area contributed by atoms with Crippen molar-refractivity contribution in [2.45, 2.75) is 16.5 Å². The average molecular weight is 450 g/mol. The normalized spacial score (nSPS) is 16.0. The van der Waals surface area contributed by atoms with Gasteiger partial charge in [0.1, 0.15) is 11.3 Å². The zero-order chi connectivity index (χ0) is 21.1. The molecule has 0 aliphatic carbocycles. The number of hydrogen-bond donors (Lipinski definition) is 0. The Hall–Kier alpha value is -2.43. The molecule has 0 radical (unpaired) electrons. The first kappa shape index (κ1) is 20.8. The van der Waals surface area contributed by atoms with Crippen molar-refractivity contribution in [1.82, 2.24) is 14.2 Å². The number of oxazole rings is 1. The van der Waals surface area contributed by atoms with Gasteiger partial charge in [-0.2, -0.15) is 4.31 Å². The Bertz CT molecular complexity index is 1120. The smallest absolute Gasteiger partial charge is 0.257 e. The number of thioether (sulfide) groups is 1. The number of aromatic nitrogens is 1. The number of sulfonamides is 1. The van der Waals surface area contributed by atoms with E-state index in [1.807, 2.05) is 24.3 Å². The molecule has 0 saturated carbocycles. The summed E-state index contributed by atoms with van der Waals surface area (Å²) in [4.78, 5) is 18.7. The Labute approximate surface area is 177 Å². The average Bonchev–Trinajstić information content (AvgIpc) is 2.98. The van der Waals surface area contributed by atoms with E-state index in [0.717, 1.165) is 17.6 Å². The molecule has 0 unspecified atom stereocenters. The summed E-state index contributed by atoms with van der Waals surface area (Å²) in [5, 5.41) is 0.430. The lowest BCUT2D eigenvalue weighted by atomic mass is 10.3. The SMILES string of the molecule is O=C(CSc1nc2ccccc2o1)N1CCCN(S(=O)(=O)c2ccc(F)cc2)CC1. The van der Waals surface area contributed by atoms with Crippen molar-refractivity contribution < 1.29 is 22.0 Å². The lowest BCUT2D eigenvalue weighted by molar-refractivity contribution is -0.128. The van der Waals surface area contributed by atoms with Crippen LogP contribution in [-0.2, 0) is 14.8 Å². The van der Waals surface area contributed by atoms with Crippen LogP contribution in [0.3, 0.4) is 0 Å². The number of amides is 1. The van der Waals surface area contributed by atoms with Crippen LogP contribution in [0.4, 0.5) is 4.39 Å². The number of rotatable bonds is 5. The third-order valence-corrected chi connectivity index (χ3v) is 7.58. The lowest BCUT2D eigenvalue weighted by Crippen LogP contribution is -2.38. The first-order valence-electron chi connectivity index (χ1n) is 9.45. The molecule has 158 valence electrons. The van der Waals surface area contributed by atoms with Crippen molar-refractivity contribution in [3.8, 4) is 0 Å². The fourth-order valence-electron chi connectivity index (χ4n) is 3.27. The van der Waals surface area contributed by atoms with Gasteiger partial charge < -0.3 is 9.32 Å². The molecule has 0 atom stereocenters. The summed E-state index contributed by atoms with van der Waals surface area (Å²) >= 11 is 1.22. The second kappa shape index (κ2) is 8.75. The minimum atomic E-state index is -3.72. The van der Waals surface area contributed by atoms with Crippen LogP contribution in [-0.4, -0.2) is 60.4 Å². The molecule has 0 N–H and O–H groups in total. The van der Waals surface area contributed by atoms with E-state index in [9.17, 15) is 17.6 Å². The molecule has 0 bridgehead atoms. The fourth-order valence-corrected chi connectivity index (χ4v) is 5.48. The van der Waals surface area contributed by atoms with Gasteiger partial charge in [-0.25, -0.2) is 17.8 Å². The summed E-state index contributed by atoms with van der Waals surface area (Å²) in [5.41, 5.74) is 1.41. The van der Waals surface area contributed by atoms with Crippen molar-refractivity contribution >= 4 is 38.8 Å². The Kier molecular flexibility index (Phi) is 6.07. The van der Waals surface area contributed by atoms with Gasteiger partial charge in [0.15, 0.2) is 5.58 Å². The molecule has 1 amide bonds. The Balaban J connectivity index is 1.36. The summed E-state index contributed by atoms with van der Waals surface area (Å²) in [5.74, 6) is -0.418. The van der Waals surface area contributed by atoms with Crippen LogP contribution in [0.1, 0.15) is 6.42 Å². The highest BCUT2D eigenvalue weighted by Crippen LogP contribution is 2.24. The first-order valence-corrected chi connectivity index (χ1v) is 11.9. The van der Waals surface area contributed by atoms with E-state index in [-0.39, 0.29) is 23.1 Å². The zero-order valence-electron chi connectivity index (χ0n) is 16.0. The molecule has 4 rings (SSSR count). The molecule has 2 heterocycles. The maximum Gasteiger partial charge on any atom is 0.257 e. The first-order chi connectivity index (χ1) is 14.4. The molecule has 10 heteroatoms. The van der Waals surface area contributed by atoms with Crippen molar-refractivity contribution in [2.24, 2.45) is 0 Å². The van der Waals surface area contributed by atoms with E-state index in [4.69, 9.17) is 4.42 Å². The van der Waals surface area contributed by atoms with Gasteiger partial charge in [0.2, 0.25) is 15.9 Å². The largest absolute Gasteiger partial charge is 0.431 e. The van der Waals surface area contributed by atoms with Crippen LogP contribution in [0, 0.1) is 5.82 Å². The molecule has 1 aliphatic rings. The van der Waals surface area contributed by atoms with Gasteiger partial charge >= 0.3 is 0 Å². The lowest BCUT2D eigenvalue weighted by Gasteiger charge is -2.21. The summed E-state index contributed by atoms with van der Waals surface area (Å²) in [6.07, 6.45) is 0.527. The van der Waals surface area contributed by atoms with Crippen LogP contribution in [0.15, 0.2) is 63.1 Å². The molecular weight excluding hydrogens is 429 g/mol. The summed E-state index contributed by atoms with van der Waals surface area (Å²) in [7, 11) is -3.72. The quantitative estimate of drug-likeness (QED) is 0.557. The van der Waals surface area contributed by atoms with Crippen molar-refractivity contribution in [1.29, 1.82) is 0 Å². The number of halogens is 1. The van der Waals surface area contributed by atoms with E-state index >= 15 is 0 Å². The molecule has 7 nitrogen and oxygen atoms in total. The number of carbonyl (C=O) groups is 1. The highest BCUT2D eigenvalue weighted by Gasteiger charge is 2.28. The van der Waals surface area contributed by atoms with Crippen molar-refractivity contribution in [2.75, 3.05) is 31.9 Å². The predicted octanol–water partition coefficient (Wildman–Crippen LogP) is 2.98. The second-order valence-electron chi connectivity index (χ2n) is 6.83. The molecule has 2 aromatic carbocycles. The number of benzene rings is 2. The molecule has 1 aromatic heterocycles. The minimum absolute atomic E-state index is 0.0511. The van der Waals surface area contributed by atoms with Gasteiger partial charge in [-0.15, -0.1) is 0 Å². The molecule has 3 aromatic rings. The van der Waals surface area contributed by atoms with Crippen LogP contribution in [0.5, 0.6) is 0 Å². The summed E-state index contributed by atoms with van der Waals surface area (Å²) in [6.45, 7) is 1.27. The summed E-state index contributed by atoms with van der Waals surface area (Å²) in [6, 6.07) is 12.2. The third-order valence-electron chi connectivity index (χ3n) is 4.85. The van der Waals surface area contributed by atoms with E-state index in [0.29, 0.717) is 36.9 Å². The Morgan fingerprint density at radius 1 is 1.07 bits per heavy atom. The number of fused-ring (bicyclic) bond motifs is 1. The van der Waals surface area contributed by atoms with E-state index in [1.54, 1.807) is 4.90 Å². The van der Waals surface area contributed by atoms with Gasteiger partial charge in [-0.1, -0.05) is 23.9 Å². The standard InChI is InChI=1S/C20H20FN3O4S2/c21-15-6-8-16(9-7-15)30(26,27)24-11-3-10-23(12-13-24)19(25)14-29-20-22-17-4-1-2-5-18(17)28-20/h1-2,4-9H,3,10-14H2. The number of carbonyl (C=O) groups excluding carboxylic acids is 1. The van der Waals surface area contributed by atoms with Gasteiger partial charge in [0.05, 0.1) is 10.6 Å². The molecule has 1 fully saturated rings. The Morgan fingerprint density at radius 3 is 2.60 bits per heavy atom. The Morgan fingerprint density at radius 2 is 1.83 bits per heavy atom. The second-order valence-corrected chi connectivity index (χ2v) is 9.69. The number of nitrogens with zero attached hydrogens (tertiary/aromatic N) is 3. The maximum atomic E-state index is 13.1. The zero-order valence-corrected chi connectivity index (χ0v) is 17.7. The molecule has 0 spiro atoms.